The van der Waals surface area contributed by atoms with E-state index in [1.54, 1.807) is 13.3 Å². The highest BCUT2D eigenvalue weighted by atomic mass is 16.5. The van der Waals surface area contributed by atoms with E-state index in [1.807, 2.05) is 24.3 Å². The topological polar surface area (TPSA) is 105 Å². The van der Waals surface area contributed by atoms with Crippen LogP contribution in [0.15, 0.2) is 30.5 Å². The van der Waals surface area contributed by atoms with Gasteiger partial charge in [0, 0.05) is 6.20 Å². The minimum Gasteiger partial charge on any atom is -0.493 e. The van der Waals surface area contributed by atoms with Crippen LogP contribution < -0.4 is 20.9 Å². The van der Waals surface area contributed by atoms with Crippen molar-refractivity contribution in [2.45, 2.75) is 6.54 Å². The van der Waals surface area contributed by atoms with Crippen molar-refractivity contribution < 1.29 is 14.3 Å². The number of carbonyl (C=O) groups excluding carboxylic acids is 1. The molecule has 1 aromatic heterocycles. The average molecular weight is 276 g/mol. The molecule has 0 saturated carbocycles. The molecule has 0 aliphatic rings. The van der Waals surface area contributed by atoms with Crippen LogP contribution in [0.25, 0.3) is 0 Å². The molecule has 0 atom stereocenters. The molecule has 2 rings (SSSR count). The molecule has 0 aliphatic heterocycles. The van der Waals surface area contributed by atoms with Crippen molar-refractivity contribution in [2.24, 2.45) is 5.73 Å². The Balaban J connectivity index is 1.96. The third-order valence-electron chi connectivity index (χ3n) is 2.67. The van der Waals surface area contributed by atoms with Crippen molar-refractivity contribution in [3.63, 3.8) is 0 Å². The van der Waals surface area contributed by atoms with Crippen LogP contribution in [0.3, 0.4) is 0 Å². The first-order valence-corrected chi connectivity index (χ1v) is 6.00. The van der Waals surface area contributed by atoms with Crippen LogP contribution >= 0.6 is 0 Å². The average Bonchev–Trinajstić information content (AvgIpc) is 2.80. The van der Waals surface area contributed by atoms with E-state index in [1.165, 1.54) is 4.68 Å². The molecule has 7 nitrogen and oxygen atoms in total. The number of benzene rings is 1. The second-order valence-corrected chi connectivity index (χ2v) is 4.06. The summed E-state index contributed by atoms with van der Waals surface area (Å²) >= 11 is 0. The number of anilines is 1. The quantitative estimate of drug-likeness (QED) is 0.806. The lowest BCUT2D eigenvalue weighted by Gasteiger charge is -2.10. The molecular weight excluding hydrogens is 260 g/mol. The monoisotopic (exact) mass is 276 g/mol. The van der Waals surface area contributed by atoms with Crippen LogP contribution in [0.4, 0.5) is 5.69 Å². The maximum absolute atomic E-state index is 11.0. The number of carbonyl (C=O) groups is 1. The first-order chi connectivity index (χ1) is 9.61. The lowest BCUT2D eigenvalue weighted by molar-refractivity contribution is 0.0995. The number of para-hydroxylation sites is 2. The minimum absolute atomic E-state index is 0.0716. The normalized spacial score (nSPS) is 10.2. The van der Waals surface area contributed by atoms with Gasteiger partial charge in [-0.25, -0.2) is 0 Å². The molecule has 2 aromatic rings. The van der Waals surface area contributed by atoms with Crippen LogP contribution in [0.1, 0.15) is 10.5 Å². The number of nitrogen functional groups attached to an aromatic ring is 1. The first-order valence-electron chi connectivity index (χ1n) is 6.00. The molecule has 0 unspecified atom stereocenters. The maximum Gasteiger partial charge on any atom is 0.271 e. The van der Waals surface area contributed by atoms with Gasteiger partial charge < -0.3 is 20.9 Å². The van der Waals surface area contributed by atoms with Gasteiger partial charge >= 0.3 is 0 Å². The standard InChI is InChI=1S/C13H16N4O3/c1-19-10-4-2-3-5-11(10)20-7-6-17-8-9(14)12(16-17)13(15)18/h2-5,8H,6-7,14H2,1H3,(H2,15,18). The van der Waals surface area contributed by atoms with Crippen LogP contribution in [0.2, 0.25) is 0 Å². The van der Waals surface area contributed by atoms with E-state index in [0.717, 1.165) is 0 Å². The molecule has 106 valence electrons. The van der Waals surface area contributed by atoms with Gasteiger partial charge in [-0.05, 0) is 12.1 Å². The number of rotatable bonds is 6. The van der Waals surface area contributed by atoms with Gasteiger partial charge in [0.25, 0.3) is 5.91 Å². The Bertz CT molecular complexity index is 609. The van der Waals surface area contributed by atoms with Gasteiger partial charge in [-0.3, -0.25) is 9.48 Å². The van der Waals surface area contributed by atoms with Crippen molar-refractivity contribution in [2.75, 3.05) is 19.5 Å². The Morgan fingerprint density at radius 1 is 1.35 bits per heavy atom. The number of hydrogen-bond donors (Lipinski definition) is 2. The lowest BCUT2D eigenvalue weighted by Crippen LogP contribution is -2.15. The van der Waals surface area contributed by atoms with E-state index in [9.17, 15) is 4.79 Å². The SMILES string of the molecule is COc1ccccc1OCCn1cc(N)c(C(N)=O)n1. The smallest absolute Gasteiger partial charge is 0.271 e. The Morgan fingerprint density at radius 3 is 2.65 bits per heavy atom. The van der Waals surface area contributed by atoms with Gasteiger partial charge in [0.05, 0.1) is 19.3 Å². The highest BCUT2D eigenvalue weighted by Crippen LogP contribution is 2.25. The molecule has 1 amide bonds. The predicted molar refractivity (Wildman–Crippen MR) is 73.6 cm³/mol. The highest BCUT2D eigenvalue weighted by molar-refractivity contribution is 5.95. The number of methoxy groups -OCH3 is 1. The predicted octanol–water partition coefficient (Wildman–Crippen LogP) is 0.652. The summed E-state index contributed by atoms with van der Waals surface area (Å²) in [6.45, 7) is 0.801. The van der Waals surface area contributed by atoms with E-state index in [2.05, 4.69) is 5.10 Å². The summed E-state index contributed by atoms with van der Waals surface area (Å²) in [4.78, 5) is 11.0. The van der Waals surface area contributed by atoms with Crippen LogP contribution in [-0.2, 0) is 6.54 Å². The molecular formula is C13H16N4O3. The zero-order valence-electron chi connectivity index (χ0n) is 11.1. The summed E-state index contributed by atoms with van der Waals surface area (Å²) in [7, 11) is 1.58. The summed E-state index contributed by atoms with van der Waals surface area (Å²) in [6, 6.07) is 7.34. The Labute approximate surface area is 116 Å². The fourth-order valence-corrected chi connectivity index (χ4v) is 1.73. The van der Waals surface area contributed by atoms with E-state index >= 15 is 0 Å². The van der Waals surface area contributed by atoms with Crippen molar-refractivity contribution in [1.29, 1.82) is 0 Å². The highest BCUT2D eigenvalue weighted by Gasteiger charge is 2.11. The summed E-state index contributed by atoms with van der Waals surface area (Å²) < 4.78 is 12.3. The summed E-state index contributed by atoms with van der Waals surface area (Å²) in [6.07, 6.45) is 1.55. The Kier molecular flexibility index (Phi) is 4.09. The van der Waals surface area contributed by atoms with Crippen LogP contribution in [-0.4, -0.2) is 29.4 Å². The molecule has 1 aromatic carbocycles. The number of aromatic nitrogens is 2. The Morgan fingerprint density at radius 2 is 2.05 bits per heavy atom. The number of primary amides is 1. The molecule has 7 heteroatoms. The van der Waals surface area contributed by atoms with Crippen molar-refractivity contribution in [3.05, 3.63) is 36.2 Å². The van der Waals surface area contributed by atoms with E-state index in [0.29, 0.717) is 24.7 Å². The summed E-state index contributed by atoms with van der Waals surface area (Å²) in [5.41, 5.74) is 11.1. The molecule has 0 fully saturated rings. The minimum atomic E-state index is -0.646. The number of hydrogen-bond acceptors (Lipinski definition) is 5. The van der Waals surface area contributed by atoms with Crippen molar-refractivity contribution in [3.8, 4) is 11.5 Å². The first kappa shape index (κ1) is 13.7. The summed E-state index contributed by atoms with van der Waals surface area (Å²) in [5.74, 6) is 0.655. The van der Waals surface area contributed by atoms with E-state index in [-0.39, 0.29) is 11.4 Å². The second kappa shape index (κ2) is 5.96. The number of nitrogens with zero attached hydrogens (tertiary/aromatic N) is 2. The Hall–Kier alpha value is -2.70. The molecule has 0 aliphatic carbocycles. The number of nitrogens with two attached hydrogens (primary N) is 2. The second-order valence-electron chi connectivity index (χ2n) is 4.06. The van der Waals surface area contributed by atoms with Crippen molar-refractivity contribution >= 4 is 11.6 Å². The zero-order chi connectivity index (χ0) is 14.5. The number of ether oxygens (including phenoxy) is 2. The fourth-order valence-electron chi connectivity index (χ4n) is 1.73. The van der Waals surface area contributed by atoms with E-state index in [4.69, 9.17) is 20.9 Å². The lowest BCUT2D eigenvalue weighted by atomic mass is 10.3. The van der Waals surface area contributed by atoms with Crippen LogP contribution in [0, 0.1) is 0 Å². The van der Waals surface area contributed by atoms with Crippen LogP contribution in [0.5, 0.6) is 11.5 Å². The summed E-state index contributed by atoms with van der Waals surface area (Å²) in [5, 5.41) is 3.99. The van der Waals surface area contributed by atoms with Gasteiger partial charge in [0.15, 0.2) is 17.2 Å². The molecule has 0 spiro atoms. The zero-order valence-corrected chi connectivity index (χ0v) is 11.1. The number of amides is 1. The van der Waals surface area contributed by atoms with Gasteiger partial charge in [0.2, 0.25) is 0 Å². The van der Waals surface area contributed by atoms with Crippen molar-refractivity contribution in [1.82, 2.24) is 9.78 Å². The molecule has 4 N–H and O–H groups in total. The molecule has 0 saturated heterocycles. The molecule has 0 bridgehead atoms. The molecule has 1 heterocycles. The molecule has 0 radical (unpaired) electrons. The third-order valence-corrected chi connectivity index (χ3v) is 2.67. The van der Waals surface area contributed by atoms with Gasteiger partial charge in [-0.2, -0.15) is 5.10 Å². The third kappa shape index (κ3) is 3.00. The fraction of sp³-hybridized carbons (Fsp3) is 0.231. The maximum atomic E-state index is 11.0. The van der Waals surface area contributed by atoms with Gasteiger partial charge in [-0.1, -0.05) is 12.1 Å². The van der Waals surface area contributed by atoms with E-state index < -0.39 is 5.91 Å². The van der Waals surface area contributed by atoms with Gasteiger partial charge in [-0.15, -0.1) is 0 Å². The molecule has 20 heavy (non-hydrogen) atoms. The largest absolute Gasteiger partial charge is 0.493 e. The van der Waals surface area contributed by atoms with Gasteiger partial charge in [0.1, 0.15) is 6.61 Å².